The van der Waals surface area contributed by atoms with E-state index in [2.05, 4.69) is 15.3 Å². The molecule has 1 saturated carbocycles. The Morgan fingerprint density at radius 2 is 2.12 bits per heavy atom. The van der Waals surface area contributed by atoms with Crippen molar-refractivity contribution in [2.75, 3.05) is 5.32 Å². The Bertz CT molecular complexity index is 882. The number of nitrogens with zero attached hydrogens (tertiary/aromatic N) is 4. The van der Waals surface area contributed by atoms with Crippen molar-refractivity contribution in [1.29, 1.82) is 0 Å². The predicted molar refractivity (Wildman–Crippen MR) is 93.5 cm³/mol. The standard InChI is InChI=1S/C16H17N5O2S/c22-21(23)14-7-6-12(24-14)15-16(18-11-4-2-1-3-5-11)20-9-8-17-10-13(20)19-15/h6-11,18H,1-5H2. The van der Waals surface area contributed by atoms with Gasteiger partial charge in [-0.3, -0.25) is 19.5 Å². The fourth-order valence-electron chi connectivity index (χ4n) is 3.21. The molecule has 0 bridgehead atoms. The van der Waals surface area contributed by atoms with Gasteiger partial charge in [0, 0.05) is 24.5 Å². The molecule has 0 spiro atoms. The first kappa shape index (κ1) is 15.1. The summed E-state index contributed by atoms with van der Waals surface area (Å²) in [7, 11) is 0. The van der Waals surface area contributed by atoms with Crippen LogP contribution in [0, 0.1) is 10.1 Å². The highest BCUT2D eigenvalue weighted by molar-refractivity contribution is 7.18. The van der Waals surface area contributed by atoms with Crippen molar-refractivity contribution in [2.45, 2.75) is 38.1 Å². The molecule has 124 valence electrons. The minimum absolute atomic E-state index is 0.129. The molecular weight excluding hydrogens is 326 g/mol. The maximum atomic E-state index is 11.0. The van der Waals surface area contributed by atoms with Crippen molar-refractivity contribution in [1.82, 2.24) is 14.4 Å². The third-order valence-electron chi connectivity index (χ3n) is 4.38. The number of nitrogens with one attached hydrogen (secondary N) is 1. The summed E-state index contributed by atoms with van der Waals surface area (Å²) in [5, 5.41) is 14.7. The van der Waals surface area contributed by atoms with Crippen LogP contribution in [0.2, 0.25) is 0 Å². The first-order chi connectivity index (χ1) is 11.7. The molecular formula is C16H17N5O2S. The minimum atomic E-state index is -0.361. The van der Waals surface area contributed by atoms with Crippen LogP contribution >= 0.6 is 11.3 Å². The van der Waals surface area contributed by atoms with Crippen molar-refractivity contribution in [3.63, 3.8) is 0 Å². The fourth-order valence-corrected chi connectivity index (χ4v) is 4.02. The van der Waals surface area contributed by atoms with E-state index in [1.54, 1.807) is 18.5 Å². The molecule has 3 aromatic rings. The first-order valence-corrected chi connectivity index (χ1v) is 8.87. The quantitative estimate of drug-likeness (QED) is 0.569. The van der Waals surface area contributed by atoms with Gasteiger partial charge in [-0.15, -0.1) is 0 Å². The lowest BCUT2D eigenvalue weighted by Crippen LogP contribution is -2.23. The normalized spacial score (nSPS) is 15.7. The maximum Gasteiger partial charge on any atom is 0.324 e. The monoisotopic (exact) mass is 343 g/mol. The Hall–Kier alpha value is -2.48. The van der Waals surface area contributed by atoms with Gasteiger partial charge in [0.1, 0.15) is 11.5 Å². The van der Waals surface area contributed by atoms with E-state index in [1.165, 1.54) is 25.3 Å². The number of imidazole rings is 1. The van der Waals surface area contributed by atoms with Crippen LogP contribution in [0.15, 0.2) is 30.7 Å². The van der Waals surface area contributed by atoms with Crippen molar-refractivity contribution < 1.29 is 4.92 Å². The van der Waals surface area contributed by atoms with E-state index < -0.39 is 0 Å². The van der Waals surface area contributed by atoms with Crippen LogP contribution in [0.25, 0.3) is 16.2 Å². The lowest BCUT2D eigenvalue weighted by molar-refractivity contribution is -0.380. The Balaban J connectivity index is 1.78. The van der Waals surface area contributed by atoms with E-state index in [4.69, 9.17) is 0 Å². The van der Waals surface area contributed by atoms with Gasteiger partial charge in [-0.2, -0.15) is 0 Å². The number of fused-ring (bicyclic) bond motifs is 1. The Morgan fingerprint density at radius 1 is 1.29 bits per heavy atom. The minimum Gasteiger partial charge on any atom is -0.367 e. The van der Waals surface area contributed by atoms with Gasteiger partial charge in [-0.1, -0.05) is 30.6 Å². The maximum absolute atomic E-state index is 11.0. The van der Waals surface area contributed by atoms with Crippen molar-refractivity contribution in [3.8, 4) is 10.6 Å². The van der Waals surface area contributed by atoms with Gasteiger partial charge in [-0.25, -0.2) is 4.98 Å². The van der Waals surface area contributed by atoms with Gasteiger partial charge in [0.25, 0.3) is 0 Å². The number of nitro groups is 1. The molecule has 24 heavy (non-hydrogen) atoms. The second-order valence-corrected chi connectivity index (χ2v) is 7.05. The second kappa shape index (κ2) is 6.20. The molecule has 1 N–H and O–H groups in total. The molecule has 3 heterocycles. The third-order valence-corrected chi connectivity index (χ3v) is 5.42. The molecule has 1 fully saturated rings. The van der Waals surface area contributed by atoms with Crippen LogP contribution in [0.5, 0.6) is 0 Å². The summed E-state index contributed by atoms with van der Waals surface area (Å²) in [5.41, 5.74) is 1.49. The summed E-state index contributed by atoms with van der Waals surface area (Å²) in [4.78, 5) is 20.2. The zero-order valence-electron chi connectivity index (χ0n) is 13.0. The summed E-state index contributed by atoms with van der Waals surface area (Å²) < 4.78 is 1.97. The van der Waals surface area contributed by atoms with Gasteiger partial charge in [-0.05, 0) is 18.9 Å². The lowest BCUT2D eigenvalue weighted by atomic mass is 9.95. The van der Waals surface area contributed by atoms with Crippen LogP contribution in [0.4, 0.5) is 10.8 Å². The highest BCUT2D eigenvalue weighted by Gasteiger charge is 2.22. The molecule has 1 aliphatic carbocycles. The van der Waals surface area contributed by atoms with E-state index in [0.717, 1.165) is 46.2 Å². The number of hydrogen-bond donors (Lipinski definition) is 1. The Kier molecular flexibility index (Phi) is 3.89. The fraction of sp³-hybridized carbons (Fsp3) is 0.375. The molecule has 0 amide bonds. The lowest BCUT2D eigenvalue weighted by Gasteiger charge is -2.24. The molecule has 0 radical (unpaired) electrons. The summed E-state index contributed by atoms with van der Waals surface area (Å²) in [6, 6.07) is 3.72. The van der Waals surface area contributed by atoms with Crippen molar-refractivity contribution in [2.24, 2.45) is 0 Å². The van der Waals surface area contributed by atoms with E-state index in [0.29, 0.717) is 6.04 Å². The molecule has 0 atom stereocenters. The smallest absolute Gasteiger partial charge is 0.324 e. The summed E-state index contributed by atoms with van der Waals surface area (Å²) in [5.74, 6) is 0.899. The molecule has 4 rings (SSSR count). The topological polar surface area (TPSA) is 85.4 Å². The SMILES string of the molecule is O=[N+]([O-])c1ccc(-c2nc3cnccn3c2NC2CCCCC2)s1. The largest absolute Gasteiger partial charge is 0.367 e. The predicted octanol–water partition coefficient (Wildman–Crippen LogP) is 4.11. The number of anilines is 1. The molecule has 8 heteroatoms. The van der Waals surface area contributed by atoms with Gasteiger partial charge >= 0.3 is 5.00 Å². The van der Waals surface area contributed by atoms with E-state index in [9.17, 15) is 10.1 Å². The molecule has 0 aliphatic heterocycles. The summed E-state index contributed by atoms with van der Waals surface area (Å²) >= 11 is 1.15. The molecule has 7 nitrogen and oxygen atoms in total. The molecule has 1 aliphatic rings. The van der Waals surface area contributed by atoms with Crippen molar-refractivity contribution in [3.05, 3.63) is 40.8 Å². The number of hydrogen-bond acceptors (Lipinski definition) is 6. The van der Waals surface area contributed by atoms with E-state index in [-0.39, 0.29) is 9.92 Å². The average molecular weight is 343 g/mol. The molecule has 3 aromatic heterocycles. The first-order valence-electron chi connectivity index (χ1n) is 8.05. The van der Waals surface area contributed by atoms with Crippen LogP contribution in [-0.4, -0.2) is 25.3 Å². The van der Waals surface area contributed by atoms with Crippen molar-refractivity contribution >= 4 is 27.8 Å². The van der Waals surface area contributed by atoms with E-state index in [1.807, 2.05) is 10.6 Å². The Labute approximate surface area is 142 Å². The summed E-state index contributed by atoms with van der Waals surface area (Å²) in [6.07, 6.45) is 11.3. The van der Waals surface area contributed by atoms with Gasteiger partial charge in [0.2, 0.25) is 0 Å². The van der Waals surface area contributed by atoms with E-state index >= 15 is 0 Å². The zero-order chi connectivity index (χ0) is 16.5. The van der Waals surface area contributed by atoms with Crippen LogP contribution in [-0.2, 0) is 0 Å². The molecule has 0 aromatic carbocycles. The molecule has 0 saturated heterocycles. The zero-order valence-corrected chi connectivity index (χ0v) is 13.8. The summed E-state index contributed by atoms with van der Waals surface area (Å²) in [6.45, 7) is 0. The number of aromatic nitrogens is 3. The van der Waals surface area contributed by atoms with Crippen LogP contribution in [0.1, 0.15) is 32.1 Å². The Morgan fingerprint density at radius 3 is 2.88 bits per heavy atom. The van der Waals surface area contributed by atoms with Gasteiger partial charge in [0.15, 0.2) is 5.65 Å². The van der Waals surface area contributed by atoms with Crippen LogP contribution in [0.3, 0.4) is 0 Å². The van der Waals surface area contributed by atoms with Gasteiger partial charge < -0.3 is 5.32 Å². The number of thiophene rings is 1. The highest BCUT2D eigenvalue weighted by Crippen LogP contribution is 2.37. The van der Waals surface area contributed by atoms with Gasteiger partial charge in [0.05, 0.1) is 16.0 Å². The number of rotatable bonds is 4. The second-order valence-electron chi connectivity index (χ2n) is 5.99. The molecule has 0 unspecified atom stereocenters. The highest BCUT2D eigenvalue weighted by atomic mass is 32.1. The average Bonchev–Trinajstić information content (AvgIpc) is 3.21. The third kappa shape index (κ3) is 2.73. The van der Waals surface area contributed by atoms with Crippen LogP contribution < -0.4 is 5.32 Å².